The van der Waals surface area contributed by atoms with Gasteiger partial charge in [0.2, 0.25) is 0 Å². The highest BCUT2D eigenvalue weighted by atomic mass is 79.9. The van der Waals surface area contributed by atoms with Gasteiger partial charge in [-0.05, 0) is 104 Å². The Kier molecular flexibility index (Phi) is 6.66. The number of benzene rings is 2. The molecule has 0 atom stereocenters. The number of aryl methyl sites for hydroxylation is 2. The highest BCUT2D eigenvalue weighted by molar-refractivity contribution is 9.11. The van der Waals surface area contributed by atoms with Crippen LogP contribution in [0.1, 0.15) is 45.9 Å². The van der Waals surface area contributed by atoms with Crippen molar-refractivity contribution in [2.24, 2.45) is 14.1 Å². The van der Waals surface area contributed by atoms with Crippen molar-refractivity contribution in [2.45, 2.75) is 25.2 Å². The number of hydrogen-bond acceptors (Lipinski definition) is 3. The first-order valence-corrected chi connectivity index (χ1v) is 13.3. The molecule has 3 N–H and O–H groups in total. The third kappa shape index (κ3) is 4.92. The van der Waals surface area contributed by atoms with Gasteiger partial charge in [-0.15, -0.1) is 0 Å². The first-order chi connectivity index (χ1) is 17.2. The SMILES string of the molecule is Cn1ccc2cc(Cc3ncc(C4CC4)cc3C(=O)O)cc(Br)c21.Cn1ccc2cc(N)cc(Br)c21. The van der Waals surface area contributed by atoms with Crippen LogP contribution in [-0.4, -0.2) is 25.2 Å². The van der Waals surface area contributed by atoms with Crippen LogP contribution >= 0.6 is 31.9 Å². The summed E-state index contributed by atoms with van der Waals surface area (Å²) in [6, 6.07) is 14.0. The van der Waals surface area contributed by atoms with Crippen molar-refractivity contribution >= 4 is 65.3 Å². The van der Waals surface area contributed by atoms with Gasteiger partial charge < -0.3 is 20.0 Å². The molecular weight excluding hydrogens is 584 g/mol. The molecule has 0 spiro atoms. The summed E-state index contributed by atoms with van der Waals surface area (Å²) < 4.78 is 6.19. The average Bonchev–Trinajstić information content (AvgIpc) is 3.51. The molecule has 5 aromatic rings. The first kappa shape index (κ1) is 24.6. The van der Waals surface area contributed by atoms with E-state index in [2.05, 4.69) is 64.2 Å². The van der Waals surface area contributed by atoms with E-state index in [4.69, 9.17) is 5.73 Å². The molecule has 3 heterocycles. The van der Waals surface area contributed by atoms with Crippen molar-refractivity contribution in [1.29, 1.82) is 0 Å². The second kappa shape index (κ2) is 9.75. The van der Waals surface area contributed by atoms with E-state index in [0.29, 0.717) is 23.6 Å². The maximum absolute atomic E-state index is 11.6. The highest BCUT2D eigenvalue weighted by Crippen LogP contribution is 2.40. The number of nitrogen functional groups attached to an aromatic ring is 1. The number of aromatic nitrogens is 3. The van der Waals surface area contributed by atoms with Crippen LogP contribution in [0.2, 0.25) is 0 Å². The minimum Gasteiger partial charge on any atom is -0.478 e. The van der Waals surface area contributed by atoms with Crippen molar-refractivity contribution in [2.75, 3.05) is 5.73 Å². The van der Waals surface area contributed by atoms with E-state index in [1.54, 1.807) is 6.07 Å². The molecule has 6 rings (SSSR count). The van der Waals surface area contributed by atoms with Crippen molar-refractivity contribution < 1.29 is 9.90 Å². The van der Waals surface area contributed by atoms with Crippen LogP contribution in [0.4, 0.5) is 5.69 Å². The number of rotatable bonds is 4. The topological polar surface area (TPSA) is 86.1 Å². The van der Waals surface area contributed by atoms with Crippen LogP contribution in [0.3, 0.4) is 0 Å². The van der Waals surface area contributed by atoms with Crippen LogP contribution in [0.5, 0.6) is 0 Å². The number of carboxylic acid groups (broad SMARTS) is 1. The monoisotopic (exact) mass is 608 g/mol. The van der Waals surface area contributed by atoms with Crippen LogP contribution < -0.4 is 5.73 Å². The Morgan fingerprint density at radius 2 is 1.61 bits per heavy atom. The fourth-order valence-electron chi connectivity index (χ4n) is 4.62. The van der Waals surface area contributed by atoms with Gasteiger partial charge in [0.15, 0.2) is 0 Å². The molecule has 0 saturated heterocycles. The normalized spacial score (nSPS) is 13.1. The molecule has 1 saturated carbocycles. The first-order valence-electron chi connectivity index (χ1n) is 11.7. The van der Waals surface area contributed by atoms with Gasteiger partial charge in [0, 0.05) is 64.5 Å². The van der Waals surface area contributed by atoms with E-state index in [-0.39, 0.29) is 0 Å². The second-order valence-electron chi connectivity index (χ2n) is 9.33. The van der Waals surface area contributed by atoms with Crippen LogP contribution in [0.15, 0.2) is 70.0 Å². The Balaban J connectivity index is 0.000000186. The van der Waals surface area contributed by atoms with E-state index < -0.39 is 5.97 Å². The fourth-order valence-corrected chi connectivity index (χ4v) is 6.20. The second-order valence-corrected chi connectivity index (χ2v) is 11.0. The molecular formula is C28H26Br2N4O2. The van der Waals surface area contributed by atoms with Gasteiger partial charge in [0.1, 0.15) is 0 Å². The number of halogens is 2. The van der Waals surface area contributed by atoms with Gasteiger partial charge >= 0.3 is 5.97 Å². The average molecular weight is 610 g/mol. The molecule has 36 heavy (non-hydrogen) atoms. The van der Waals surface area contributed by atoms with Gasteiger partial charge in [0.05, 0.1) is 22.3 Å². The largest absolute Gasteiger partial charge is 0.478 e. The zero-order valence-corrected chi connectivity index (χ0v) is 23.2. The van der Waals surface area contributed by atoms with Gasteiger partial charge in [-0.3, -0.25) is 4.98 Å². The van der Waals surface area contributed by atoms with Crippen LogP contribution in [-0.2, 0) is 20.5 Å². The Bertz CT molecular complexity index is 1620. The smallest absolute Gasteiger partial charge is 0.337 e. The van der Waals surface area contributed by atoms with E-state index in [0.717, 1.165) is 49.5 Å². The minimum absolute atomic E-state index is 0.323. The summed E-state index contributed by atoms with van der Waals surface area (Å²) >= 11 is 7.10. The molecule has 1 aliphatic rings. The quantitative estimate of drug-likeness (QED) is 0.214. The summed E-state index contributed by atoms with van der Waals surface area (Å²) in [5.74, 6) is -0.403. The molecule has 3 aromatic heterocycles. The van der Waals surface area contributed by atoms with E-state index in [1.807, 2.05) is 50.9 Å². The number of nitrogens with two attached hydrogens (primary N) is 1. The zero-order chi connectivity index (χ0) is 25.6. The van der Waals surface area contributed by atoms with E-state index in [1.165, 1.54) is 10.9 Å². The summed E-state index contributed by atoms with van der Waals surface area (Å²) in [6.07, 6.45) is 8.67. The maximum atomic E-state index is 11.6. The van der Waals surface area contributed by atoms with E-state index >= 15 is 0 Å². The number of anilines is 1. The molecule has 0 bridgehead atoms. The summed E-state index contributed by atoms with van der Waals surface area (Å²) in [4.78, 5) is 16.1. The molecule has 8 heteroatoms. The molecule has 0 radical (unpaired) electrons. The highest BCUT2D eigenvalue weighted by Gasteiger charge is 2.26. The lowest BCUT2D eigenvalue weighted by atomic mass is 10.0. The van der Waals surface area contributed by atoms with Crippen molar-refractivity contribution in [3.63, 3.8) is 0 Å². The maximum Gasteiger partial charge on any atom is 0.337 e. The number of fused-ring (bicyclic) bond motifs is 2. The number of hydrogen-bond donors (Lipinski definition) is 2. The van der Waals surface area contributed by atoms with Gasteiger partial charge in [-0.2, -0.15) is 0 Å². The van der Waals surface area contributed by atoms with Crippen LogP contribution in [0, 0.1) is 0 Å². The van der Waals surface area contributed by atoms with E-state index in [9.17, 15) is 9.90 Å². The molecule has 0 amide bonds. The summed E-state index contributed by atoms with van der Waals surface area (Å²) in [5.41, 5.74) is 11.8. The molecule has 0 unspecified atom stereocenters. The Morgan fingerprint density at radius 1 is 1.00 bits per heavy atom. The number of aromatic carboxylic acids is 1. The Labute approximate surface area is 226 Å². The predicted octanol–water partition coefficient (Wildman–Crippen LogP) is 7.03. The van der Waals surface area contributed by atoms with Gasteiger partial charge in [-0.1, -0.05) is 0 Å². The van der Waals surface area contributed by atoms with Crippen molar-refractivity contribution in [1.82, 2.24) is 14.1 Å². The molecule has 184 valence electrons. The zero-order valence-electron chi connectivity index (χ0n) is 20.0. The predicted molar refractivity (Wildman–Crippen MR) is 152 cm³/mol. The van der Waals surface area contributed by atoms with Gasteiger partial charge in [-0.25, -0.2) is 4.79 Å². The fraction of sp³-hybridized carbons (Fsp3) is 0.214. The lowest BCUT2D eigenvalue weighted by Gasteiger charge is -2.09. The standard InChI is InChI=1S/C19H17BrN2O2.C9H9BrN2/c1-22-5-4-13-6-11(7-16(20)18(13)22)8-17-15(19(23)24)9-14(10-21-17)12-2-3-12;1-12-3-2-6-4-7(11)5-8(10)9(6)12/h4-7,9-10,12H,2-3,8H2,1H3,(H,23,24);2-5H,11H2,1H3. The lowest BCUT2D eigenvalue weighted by molar-refractivity contribution is 0.0695. The number of carbonyl (C=O) groups is 1. The number of pyridine rings is 1. The summed E-state index contributed by atoms with van der Waals surface area (Å²) in [5, 5.41) is 11.9. The third-order valence-electron chi connectivity index (χ3n) is 6.57. The third-order valence-corrected chi connectivity index (χ3v) is 7.78. The molecule has 0 aliphatic heterocycles. The molecule has 2 aromatic carbocycles. The molecule has 6 nitrogen and oxygen atoms in total. The Hall–Kier alpha value is -3.10. The lowest BCUT2D eigenvalue weighted by Crippen LogP contribution is -2.07. The summed E-state index contributed by atoms with van der Waals surface area (Å²) in [6.45, 7) is 0. The Morgan fingerprint density at radius 3 is 2.22 bits per heavy atom. The van der Waals surface area contributed by atoms with Gasteiger partial charge in [0.25, 0.3) is 0 Å². The van der Waals surface area contributed by atoms with Crippen LogP contribution in [0.25, 0.3) is 21.8 Å². The number of carboxylic acids is 1. The minimum atomic E-state index is -0.903. The summed E-state index contributed by atoms with van der Waals surface area (Å²) in [7, 11) is 4.02. The number of nitrogens with zero attached hydrogens (tertiary/aromatic N) is 3. The van der Waals surface area contributed by atoms with Crippen molar-refractivity contribution in [3.05, 3.63) is 92.4 Å². The molecule has 1 aliphatic carbocycles. The molecule has 1 fully saturated rings. The van der Waals surface area contributed by atoms with Crippen molar-refractivity contribution in [3.8, 4) is 0 Å².